The number of hydrogen-bond donors (Lipinski definition) is 1. The van der Waals surface area contributed by atoms with Crippen LogP contribution in [0.1, 0.15) is 29.7 Å². The van der Waals surface area contributed by atoms with Gasteiger partial charge in [-0.25, -0.2) is 0 Å². The summed E-state index contributed by atoms with van der Waals surface area (Å²) in [5.41, 5.74) is 2.67. The maximum atomic E-state index is 9.99. The Morgan fingerprint density at radius 2 is 1.84 bits per heavy atom. The highest BCUT2D eigenvalue weighted by atomic mass is 16.5. The fourth-order valence-corrected chi connectivity index (χ4v) is 2.30. The predicted octanol–water partition coefficient (Wildman–Crippen LogP) is 3.21. The van der Waals surface area contributed by atoms with Crippen molar-refractivity contribution >= 4 is 0 Å². The molecule has 0 heterocycles. The third kappa shape index (κ3) is 3.18. The minimum atomic E-state index is -0.628. The van der Waals surface area contributed by atoms with Gasteiger partial charge in [0.1, 0.15) is 11.5 Å². The van der Waals surface area contributed by atoms with Crippen LogP contribution in [0.3, 0.4) is 0 Å². The molecule has 3 heteroatoms. The second-order valence-electron chi connectivity index (χ2n) is 4.32. The third-order valence-electron chi connectivity index (χ3n) is 3.02. The molecule has 0 saturated heterocycles. The smallest absolute Gasteiger partial charge is 0.126 e. The average molecular weight is 262 g/mol. The molecule has 0 aliphatic carbocycles. The van der Waals surface area contributed by atoms with E-state index in [2.05, 4.69) is 13.2 Å². The molecule has 1 rings (SSSR count). The SMILES string of the molecule is C=CCc1cc(OC)c(C(C)O)c(CC=C)c1OC. The molecule has 0 radical (unpaired) electrons. The van der Waals surface area contributed by atoms with Gasteiger partial charge in [-0.05, 0) is 25.8 Å². The lowest BCUT2D eigenvalue weighted by Gasteiger charge is -2.21. The van der Waals surface area contributed by atoms with Gasteiger partial charge in [-0.3, -0.25) is 0 Å². The van der Waals surface area contributed by atoms with Crippen molar-refractivity contribution in [2.75, 3.05) is 14.2 Å². The summed E-state index contributed by atoms with van der Waals surface area (Å²) in [4.78, 5) is 0. The van der Waals surface area contributed by atoms with Gasteiger partial charge in [0, 0.05) is 16.7 Å². The summed E-state index contributed by atoms with van der Waals surface area (Å²) in [6, 6.07) is 1.90. The standard InChI is InChI=1S/C16H22O3/c1-6-8-12-10-14(18-4)15(11(3)17)13(9-7-2)16(12)19-5/h6-7,10-11,17H,1-2,8-9H2,3-5H3. The summed E-state index contributed by atoms with van der Waals surface area (Å²) < 4.78 is 10.9. The van der Waals surface area contributed by atoms with E-state index in [0.717, 1.165) is 22.4 Å². The molecule has 1 unspecified atom stereocenters. The highest BCUT2D eigenvalue weighted by Gasteiger charge is 2.21. The van der Waals surface area contributed by atoms with E-state index in [-0.39, 0.29) is 0 Å². The highest BCUT2D eigenvalue weighted by Crippen LogP contribution is 2.38. The van der Waals surface area contributed by atoms with Gasteiger partial charge in [-0.1, -0.05) is 12.2 Å². The number of hydrogen-bond acceptors (Lipinski definition) is 3. The Morgan fingerprint density at radius 3 is 2.26 bits per heavy atom. The van der Waals surface area contributed by atoms with Gasteiger partial charge in [0.15, 0.2) is 0 Å². The lowest BCUT2D eigenvalue weighted by atomic mass is 9.94. The molecule has 0 spiro atoms. The first-order chi connectivity index (χ1) is 9.10. The summed E-state index contributed by atoms with van der Waals surface area (Å²) in [5, 5.41) is 9.99. The van der Waals surface area contributed by atoms with E-state index in [0.29, 0.717) is 18.6 Å². The molecule has 0 saturated carbocycles. The highest BCUT2D eigenvalue weighted by molar-refractivity contribution is 5.55. The van der Waals surface area contributed by atoms with Crippen LogP contribution in [0.5, 0.6) is 11.5 Å². The van der Waals surface area contributed by atoms with Crippen molar-refractivity contribution in [3.63, 3.8) is 0 Å². The van der Waals surface area contributed by atoms with Gasteiger partial charge in [0.25, 0.3) is 0 Å². The molecular formula is C16H22O3. The van der Waals surface area contributed by atoms with Gasteiger partial charge < -0.3 is 14.6 Å². The largest absolute Gasteiger partial charge is 0.496 e. The number of aliphatic hydroxyl groups is 1. The average Bonchev–Trinajstić information content (AvgIpc) is 2.38. The topological polar surface area (TPSA) is 38.7 Å². The van der Waals surface area contributed by atoms with Crippen LogP contribution in [0.2, 0.25) is 0 Å². The number of benzene rings is 1. The number of aliphatic hydroxyl groups excluding tert-OH is 1. The maximum absolute atomic E-state index is 9.99. The van der Waals surface area contributed by atoms with Crippen LogP contribution in [0.25, 0.3) is 0 Å². The van der Waals surface area contributed by atoms with Crippen LogP contribution in [-0.2, 0) is 12.8 Å². The molecule has 104 valence electrons. The number of ether oxygens (including phenoxy) is 2. The molecule has 0 aromatic heterocycles. The Kier molecular flexibility index (Phi) is 5.64. The van der Waals surface area contributed by atoms with E-state index in [1.165, 1.54) is 0 Å². The monoisotopic (exact) mass is 262 g/mol. The van der Waals surface area contributed by atoms with Crippen molar-refractivity contribution in [3.05, 3.63) is 48.1 Å². The number of rotatable bonds is 7. The molecule has 0 bridgehead atoms. The van der Waals surface area contributed by atoms with E-state index >= 15 is 0 Å². The molecule has 0 aliphatic heterocycles. The predicted molar refractivity (Wildman–Crippen MR) is 78.0 cm³/mol. The van der Waals surface area contributed by atoms with Crippen LogP contribution in [0.4, 0.5) is 0 Å². The van der Waals surface area contributed by atoms with E-state index in [9.17, 15) is 5.11 Å². The number of allylic oxidation sites excluding steroid dienone is 2. The van der Waals surface area contributed by atoms with Crippen molar-refractivity contribution in [1.29, 1.82) is 0 Å². The van der Waals surface area contributed by atoms with Crippen LogP contribution in [0, 0.1) is 0 Å². The first-order valence-corrected chi connectivity index (χ1v) is 6.27. The Hall–Kier alpha value is -1.74. The molecule has 0 amide bonds. The molecule has 1 aromatic rings. The zero-order chi connectivity index (χ0) is 14.4. The van der Waals surface area contributed by atoms with Crippen LogP contribution in [-0.4, -0.2) is 19.3 Å². The lowest BCUT2D eigenvalue weighted by molar-refractivity contribution is 0.192. The summed E-state index contributed by atoms with van der Waals surface area (Å²) in [5.74, 6) is 1.45. The molecular weight excluding hydrogens is 240 g/mol. The van der Waals surface area contributed by atoms with E-state index < -0.39 is 6.10 Å². The maximum Gasteiger partial charge on any atom is 0.126 e. The quantitative estimate of drug-likeness (QED) is 0.767. The zero-order valence-electron chi connectivity index (χ0n) is 11.9. The van der Waals surface area contributed by atoms with Crippen LogP contribution >= 0.6 is 0 Å². The molecule has 1 aromatic carbocycles. The lowest BCUT2D eigenvalue weighted by Crippen LogP contribution is -2.07. The van der Waals surface area contributed by atoms with Gasteiger partial charge in [0.05, 0.1) is 20.3 Å². The summed E-state index contributed by atoms with van der Waals surface area (Å²) >= 11 is 0. The normalized spacial score (nSPS) is 11.8. The number of methoxy groups -OCH3 is 2. The first kappa shape index (κ1) is 15.3. The van der Waals surface area contributed by atoms with Crippen molar-refractivity contribution in [3.8, 4) is 11.5 Å². The fraction of sp³-hybridized carbons (Fsp3) is 0.375. The molecule has 3 nitrogen and oxygen atoms in total. The van der Waals surface area contributed by atoms with Crippen molar-refractivity contribution in [1.82, 2.24) is 0 Å². The van der Waals surface area contributed by atoms with Crippen LogP contribution < -0.4 is 9.47 Å². The van der Waals surface area contributed by atoms with Crippen molar-refractivity contribution in [2.24, 2.45) is 0 Å². The zero-order valence-corrected chi connectivity index (χ0v) is 11.9. The molecule has 1 atom stereocenters. The molecule has 0 aliphatic rings. The Balaban J connectivity index is 3.60. The van der Waals surface area contributed by atoms with E-state index in [1.54, 1.807) is 27.2 Å². The summed E-state index contributed by atoms with van der Waals surface area (Å²) in [6.07, 6.45) is 4.28. The summed E-state index contributed by atoms with van der Waals surface area (Å²) in [7, 11) is 3.23. The van der Waals surface area contributed by atoms with Crippen LogP contribution in [0.15, 0.2) is 31.4 Å². The second kappa shape index (κ2) is 7.00. The minimum absolute atomic E-state index is 0.616. The van der Waals surface area contributed by atoms with Crippen molar-refractivity contribution < 1.29 is 14.6 Å². The summed E-state index contributed by atoms with van der Waals surface area (Å²) in [6.45, 7) is 9.24. The fourth-order valence-electron chi connectivity index (χ4n) is 2.30. The van der Waals surface area contributed by atoms with Gasteiger partial charge in [0.2, 0.25) is 0 Å². The van der Waals surface area contributed by atoms with E-state index in [1.807, 2.05) is 12.1 Å². The first-order valence-electron chi connectivity index (χ1n) is 6.27. The molecule has 1 N–H and O–H groups in total. The Bertz CT molecular complexity index is 462. The Labute approximate surface area is 115 Å². The Morgan fingerprint density at radius 1 is 1.21 bits per heavy atom. The third-order valence-corrected chi connectivity index (χ3v) is 3.02. The van der Waals surface area contributed by atoms with Gasteiger partial charge >= 0.3 is 0 Å². The van der Waals surface area contributed by atoms with Gasteiger partial charge in [-0.2, -0.15) is 0 Å². The van der Waals surface area contributed by atoms with Gasteiger partial charge in [-0.15, -0.1) is 13.2 Å². The van der Waals surface area contributed by atoms with Crippen molar-refractivity contribution in [2.45, 2.75) is 25.9 Å². The molecule has 0 fully saturated rings. The molecule has 19 heavy (non-hydrogen) atoms. The second-order valence-corrected chi connectivity index (χ2v) is 4.32. The minimum Gasteiger partial charge on any atom is -0.496 e. The van der Waals surface area contributed by atoms with E-state index in [4.69, 9.17) is 9.47 Å².